The Balaban J connectivity index is 2.89. The number of aryl methyl sites for hydroxylation is 1. The van der Waals surface area contributed by atoms with Gasteiger partial charge in [0.25, 0.3) is 0 Å². The highest BCUT2D eigenvalue weighted by molar-refractivity contribution is 5.25. The monoisotopic (exact) mass is 262 g/mol. The van der Waals surface area contributed by atoms with Crippen LogP contribution in [0.4, 0.5) is 0 Å². The van der Waals surface area contributed by atoms with Crippen LogP contribution >= 0.6 is 0 Å². The van der Waals surface area contributed by atoms with Gasteiger partial charge in [0.2, 0.25) is 0 Å². The van der Waals surface area contributed by atoms with Crippen molar-refractivity contribution in [1.82, 2.24) is 4.90 Å². The van der Waals surface area contributed by atoms with Crippen LogP contribution in [0.1, 0.15) is 45.2 Å². The van der Waals surface area contributed by atoms with Gasteiger partial charge in [0.15, 0.2) is 0 Å². The molecule has 1 rings (SSSR count). The smallest absolute Gasteiger partial charge is 0.0295 e. The average Bonchev–Trinajstić information content (AvgIpc) is 2.30. The first-order valence-electron chi connectivity index (χ1n) is 7.27. The van der Waals surface area contributed by atoms with E-state index in [9.17, 15) is 0 Å². The first-order chi connectivity index (χ1) is 8.77. The molecule has 2 atom stereocenters. The lowest BCUT2D eigenvalue weighted by Crippen LogP contribution is -2.52. The highest BCUT2D eigenvalue weighted by Gasteiger charge is 2.32. The summed E-state index contributed by atoms with van der Waals surface area (Å²) in [6.45, 7) is 12.1. The van der Waals surface area contributed by atoms with Gasteiger partial charge in [-0.3, -0.25) is 4.90 Å². The summed E-state index contributed by atoms with van der Waals surface area (Å²) in [6.07, 6.45) is 1.01. The SMILES string of the molecule is CCC(N)C(N(C)Cc1ccccc1C)C(C)(C)C. The quantitative estimate of drug-likeness (QED) is 0.879. The van der Waals surface area contributed by atoms with Gasteiger partial charge in [0.05, 0.1) is 0 Å². The minimum absolute atomic E-state index is 0.187. The van der Waals surface area contributed by atoms with Crippen LogP contribution in [0.25, 0.3) is 0 Å². The van der Waals surface area contributed by atoms with Gasteiger partial charge in [0.1, 0.15) is 0 Å². The number of rotatable bonds is 5. The van der Waals surface area contributed by atoms with E-state index in [4.69, 9.17) is 5.73 Å². The Labute approximate surface area is 119 Å². The molecule has 0 bridgehead atoms. The Morgan fingerprint density at radius 2 is 1.79 bits per heavy atom. The molecule has 2 unspecified atom stereocenters. The van der Waals surface area contributed by atoms with E-state index in [1.54, 1.807) is 0 Å². The summed E-state index contributed by atoms with van der Waals surface area (Å²) in [7, 11) is 2.19. The third-order valence-corrected chi connectivity index (χ3v) is 3.92. The van der Waals surface area contributed by atoms with Gasteiger partial charge in [-0.15, -0.1) is 0 Å². The molecule has 0 spiro atoms. The standard InChI is InChI=1S/C17H30N2/c1-7-15(18)16(17(3,4)5)19(6)12-14-11-9-8-10-13(14)2/h8-11,15-16H,7,12,18H2,1-6H3. The molecule has 2 nitrogen and oxygen atoms in total. The summed E-state index contributed by atoms with van der Waals surface area (Å²) in [6, 6.07) is 9.20. The van der Waals surface area contributed by atoms with Crippen molar-refractivity contribution in [3.8, 4) is 0 Å². The second-order valence-electron chi connectivity index (χ2n) is 6.72. The molecule has 0 saturated carbocycles. The molecule has 0 aliphatic heterocycles. The van der Waals surface area contributed by atoms with Gasteiger partial charge in [0, 0.05) is 18.6 Å². The fraction of sp³-hybridized carbons (Fsp3) is 0.647. The molecule has 0 amide bonds. The number of nitrogens with zero attached hydrogens (tertiary/aromatic N) is 1. The van der Waals surface area contributed by atoms with E-state index >= 15 is 0 Å². The van der Waals surface area contributed by atoms with Crippen LogP contribution in [-0.2, 0) is 6.54 Å². The van der Waals surface area contributed by atoms with Gasteiger partial charge < -0.3 is 5.73 Å². The lowest BCUT2D eigenvalue weighted by atomic mass is 9.80. The lowest BCUT2D eigenvalue weighted by Gasteiger charge is -2.42. The zero-order valence-electron chi connectivity index (χ0n) is 13.4. The maximum absolute atomic E-state index is 6.35. The zero-order valence-corrected chi connectivity index (χ0v) is 13.4. The van der Waals surface area contributed by atoms with E-state index < -0.39 is 0 Å². The van der Waals surface area contributed by atoms with E-state index in [-0.39, 0.29) is 11.5 Å². The molecule has 2 heteroatoms. The fourth-order valence-electron chi connectivity index (χ4n) is 3.01. The molecule has 19 heavy (non-hydrogen) atoms. The number of likely N-dealkylation sites (N-methyl/N-ethyl adjacent to an activating group) is 1. The third-order valence-electron chi connectivity index (χ3n) is 3.92. The third kappa shape index (κ3) is 4.32. The Morgan fingerprint density at radius 3 is 2.26 bits per heavy atom. The predicted octanol–water partition coefficient (Wildman–Crippen LogP) is 3.58. The minimum Gasteiger partial charge on any atom is -0.326 e. The van der Waals surface area contributed by atoms with Gasteiger partial charge in [-0.05, 0) is 36.9 Å². The van der Waals surface area contributed by atoms with Crippen molar-refractivity contribution >= 4 is 0 Å². The fourth-order valence-corrected chi connectivity index (χ4v) is 3.01. The van der Waals surface area contributed by atoms with E-state index in [0.29, 0.717) is 6.04 Å². The molecule has 0 aliphatic carbocycles. The minimum atomic E-state index is 0.187. The largest absolute Gasteiger partial charge is 0.326 e. The molecule has 1 aromatic rings. The molecule has 2 N–H and O–H groups in total. The average molecular weight is 262 g/mol. The molecule has 0 heterocycles. The van der Waals surface area contributed by atoms with Crippen molar-refractivity contribution in [3.05, 3.63) is 35.4 Å². The van der Waals surface area contributed by atoms with Gasteiger partial charge >= 0.3 is 0 Å². The van der Waals surface area contributed by atoms with Crippen molar-refractivity contribution in [2.45, 2.75) is 59.7 Å². The highest BCUT2D eigenvalue weighted by atomic mass is 15.2. The molecule has 0 aromatic heterocycles. The Hall–Kier alpha value is -0.860. The molecule has 108 valence electrons. The van der Waals surface area contributed by atoms with Crippen LogP contribution in [0, 0.1) is 12.3 Å². The van der Waals surface area contributed by atoms with Crippen molar-refractivity contribution in [2.75, 3.05) is 7.05 Å². The topological polar surface area (TPSA) is 29.3 Å². The van der Waals surface area contributed by atoms with Crippen LogP contribution in [0.2, 0.25) is 0 Å². The lowest BCUT2D eigenvalue weighted by molar-refractivity contribution is 0.0937. The number of benzene rings is 1. The van der Waals surface area contributed by atoms with Crippen molar-refractivity contribution < 1.29 is 0 Å². The van der Waals surface area contributed by atoms with E-state index in [1.807, 2.05) is 0 Å². The van der Waals surface area contributed by atoms with Crippen LogP contribution in [0.5, 0.6) is 0 Å². The normalized spacial score (nSPS) is 15.6. The molecule has 0 aliphatic rings. The van der Waals surface area contributed by atoms with Crippen molar-refractivity contribution in [3.63, 3.8) is 0 Å². The Kier molecular flexibility index (Phi) is 5.57. The van der Waals surface area contributed by atoms with Crippen LogP contribution < -0.4 is 5.73 Å². The summed E-state index contributed by atoms with van der Waals surface area (Å²) >= 11 is 0. The summed E-state index contributed by atoms with van der Waals surface area (Å²) in [4.78, 5) is 2.41. The Bertz CT molecular complexity index is 392. The van der Waals surface area contributed by atoms with Crippen molar-refractivity contribution in [1.29, 1.82) is 0 Å². The van der Waals surface area contributed by atoms with Crippen LogP contribution in [0.15, 0.2) is 24.3 Å². The summed E-state index contributed by atoms with van der Waals surface area (Å²) in [5.74, 6) is 0. The summed E-state index contributed by atoms with van der Waals surface area (Å²) < 4.78 is 0. The number of nitrogens with two attached hydrogens (primary N) is 1. The van der Waals surface area contributed by atoms with Gasteiger partial charge in [-0.25, -0.2) is 0 Å². The Morgan fingerprint density at radius 1 is 1.21 bits per heavy atom. The van der Waals surface area contributed by atoms with Gasteiger partial charge in [-0.1, -0.05) is 52.0 Å². The second kappa shape index (κ2) is 6.53. The predicted molar refractivity (Wildman–Crippen MR) is 84.2 cm³/mol. The second-order valence-corrected chi connectivity index (χ2v) is 6.72. The molecular formula is C17H30N2. The highest BCUT2D eigenvalue weighted by Crippen LogP contribution is 2.28. The van der Waals surface area contributed by atoms with E-state index in [2.05, 4.69) is 70.8 Å². The molecule has 1 aromatic carbocycles. The number of hydrogen-bond donors (Lipinski definition) is 1. The molecule has 0 saturated heterocycles. The van der Waals surface area contributed by atoms with Crippen LogP contribution in [-0.4, -0.2) is 24.0 Å². The van der Waals surface area contributed by atoms with Crippen LogP contribution in [0.3, 0.4) is 0 Å². The maximum atomic E-state index is 6.35. The summed E-state index contributed by atoms with van der Waals surface area (Å²) in [5, 5.41) is 0. The van der Waals surface area contributed by atoms with Gasteiger partial charge in [-0.2, -0.15) is 0 Å². The van der Waals surface area contributed by atoms with E-state index in [1.165, 1.54) is 11.1 Å². The summed E-state index contributed by atoms with van der Waals surface area (Å²) in [5.41, 5.74) is 9.29. The zero-order chi connectivity index (χ0) is 14.6. The van der Waals surface area contributed by atoms with E-state index in [0.717, 1.165) is 13.0 Å². The molecule has 0 radical (unpaired) electrons. The molecular weight excluding hydrogens is 232 g/mol. The van der Waals surface area contributed by atoms with Crippen molar-refractivity contribution in [2.24, 2.45) is 11.1 Å². The maximum Gasteiger partial charge on any atom is 0.0295 e. The molecule has 0 fully saturated rings. The number of hydrogen-bond acceptors (Lipinski definition) is 2. The first kappa shape index (κ1) is 16.2. The first-order valence-corrected chi connectivity index (χ1v) is 7.27.